The maximum absolute atomic E-state index is 4.79. The number of allylic oxidation sites excluding steroid dienone is 2. The lowest BCUT2D eigenvalue weighted by atomic mass is 10.3. The minimum atomic E-state index is 0.617. The van der Waals surface area contributed by atoms with E-state index in [0.29, 0.717) is 12.4 Å². The number of rotatable bonds is 5. The molecule has 1 rings (SSSR count). The summed E-state index contributed by atoms with van der Waals surface area (Å²) >= 11 is 0. The summed E-state index contributed by atoms with van der Waals surface area (Å²) in [5.74, 6) is 0.617. The Labute approximate surface area is 115 Å². The number of aromatic nitrogens is 1. The highest BCUT2D eigenvalue weighted by Crippen LogP contribution is 2.21. The summed E-state index contributed by atoms with van der Waals surface area (Å²) in [6.07, 6.45) is 9.26. The summed E-state index contributed by atoms with van der Waals surface area (Å²) in [6, 6.07) is 1.98. The highest BCUT2D eigenvalue weighted by molar-refractivity contribution is 5.64. The molecule has 104 valence electrons. The number of hydrogen-bond acceptors (Lipinski definition) is 4. The highest BCUT2D eigenvalue weighted by Gasteiger charge is 2.00. The molecule has 0 spiro atoms. The van der Waals surface area contributed by atoms with Gasteiger partial charge in [-0.25, -0.2) is 9.98 Å². The number of nitrogens with zero attached hydrogens (tertiary/aromatic N) is 2. The van der Waals surface area contributed by atoms with Gasteiger partial charge in [-0.05, 0) is 45.2 Å². The van der Waals surface area contributed by atoms with Crippen LogP contribution in [0.4, 0.5) is 11.5 Å². The largest absolute Gasteiger partial charge is 0.505 e. The molecule has 1 aromatic heterocycles. The van der Waals surface area contributed by atoms with E-state index in [1.54, 1.807) is 19.6 Å². The molecule has 0 aliphatic rings. The molecule has 1 heterocycles. The molecule has 0 bridgehead atoms. The molecular weight excluding hydrogens is 238 g/mol. The third-order valence-electron chi connectivity index (χ3n) is 2.13. The van der Waals surface area contributed by atoms with Crippen molar-refractivity contribution >= 4 is 18.2 Å². The van der Waals surface area contributed by atoms with E-state index in [-0.39, 0.29) is 0 Å². The van der Waals surface area contributed by atoms with Gasteiger partial charge in [0.05, 0.1) is 19.1 Å². The van der Waals surface area contributed by atoms with Crippen LogP contribution in [0.5, 0.6) is 0 Å². The monoisotopic (exact) mass is 261 g/mol. The molecule has 0 atom stereocenters. The van der Waals surface area contributed by atoms with Crippen molar-refractivity contribution < 1.29 is 4.74 Å². The zero-order chi connectivity index (χ0) is 14.5. The molecule has 0 fully saturated rings. The molecule has 4 nitrogen and oxygen atoms in total. The standard InChI is InChI=1S/C11H15N3O.C4H8/c1-9-7-10(11(12-2)14-8-9)13-5-4-6-15-3;1-3-4-2/h4,6-8,13H,2,5H2,1,3H3;3-4H,1-2H3/b6-4+;4-3-. The van der Waals surface area contributed by atoms with Crippen LogP contribution < -0.4 is 5.32 Å². The Kier molecular flexibility index (Phi) is 9.80. The summed E-state index contributed by atoms with van der Waals surface area (Å²) in [7, 11) is 1.61. The first-order chi connectivity index (χ1) is 9.19. The Morgan fingerprint density at radius 2 is 2.11 bits per heavy atom. The lowest BCUT2D eigenvalue weighted by Gasteiger charge is -2.06. The van der Waals surface area contributed by atoms with Crippen LogP contribution >= 0.6 is 0 Å². The number of aliphatic imine (C=N–C) groups is 1. The van der Waals surface area contributed by atoms with Gasteiger partial charge in [0.25, 0.3) is 0 Å². The number of pyridine rings is 1. The van der Waals surface area contributed by atoms with E-state index in [9.17, 15) is 0 Å². The number of aryl methyl sites for hydroxylation is 1. The summed E-state index contributed by atoms with van der Waals surface area (Å²) in [4.78, 5) is 7.98. The zero-order valence-corrected chi connectivity index (χ0v) is 12.2. The molecular formula is C15H23N3O. The average molecular weight is 261 g/mol. The van der Waals surface area contributed by atoms with Crippen molar-refractivity contribution in [2.75, 3.05) is 19.0 Å². The second-order valence-corrected chi connectivity index (χ2v) is 3.70. The normalized spacial score (nSPS) is 10.1. The second-order valence-electron chi connectivity index (χ2n) is 3.70. The Hall–Kier alpha value is -2.10. The highest BCUT2D eigenvalue weighted by atomic mass is 16.5. The van der Waals surface area contributed by atoms with E-state index < -0.39 is 0 Å². The summed E-state index contributed by atoms with van der Waals surface area (Å²) < 4.78 is 4.79. The minimum Gasteiger partial charge on any atom is -0.505 e. The average Bonchev–Trinajstić information content (AvgIpc) is 2.44. The van der Waals surface area contributed by atoms with Gasteiger partial charge in [-0.15, -0.1) is 0 Å². The molecule has 19 heavy (non-hydrogen) atoms. The molecule has 0 amide bonds. The number of anilines is 1. The molecule has 0 radical (unpaired) electrons. The molecule has 0 aromatic carbocycles. The fourth-order valence-corrected chi connectivity index (χ4v) is 1.13. The third kappa shape index (κ3) is 7.76. The van der Waals surface area contributed by atoms with E-state index in [4.69, 9.17) is 4.74 Å². The summed E-state index contributed by atoms with van der Waals surface area (Å²) in [5.41, 5.74) is 1.96. The predicted octanol–water partition coefficient (Wildman–Crippen LogP) is 3.88. The first-order valence-electron chi connectivity index (χ1n) is 6.11. The Morgan fingerprint density at radius 1 is 1.42 bits per heavy atom. The molecule has 4 heteroatoms. The minimum absolute atomic E-state index is 0.617. The van der Waals surface area contributed by atoms with Gasteiger partial charge < -0.3 is 10.1 Å². The summed E-state index contributed by atoms with van der Waals surface area (Å²) in [5, 5.41) is 3.18. The van der Waals surface area contributed by atoms with Crippen molar-refractivity contribution in [2.45, 2.75) is 20.8 Å². The van der Waals surface area contributed by atoms with Gasteiger partial charge in [0, 0.05) is 12.7 Å². The maximum atomic E-state index is 4.79. The van der Waals surface area contributed by atoms with Crippen molar-refractivity contribution in [3.05, 3.63) is 42.3 Å². The fraction of sp³-hybridized carbons (Fsp3) is 0.333. The molecule has 0 saturated heterocycles. The number of methoxy groups -OCH3 is 1. The molecule has 0 unspecified atom stereocenters. The lowest BCUT2D eigenvalue weighted by Crippen LogP contribution is -1.99. The van der Waals surface area contributed by atoms with Crippen LogP contribution in [0.15, 0.2) is 41.7 Å². The molecule has 1 N–H and O–H groups in total. The predicted molar refractivity (Wildman–Crippen MR) is 83.3 cm³/mol. The van der Waals surface area contributed by atoms with Gasteiger partial charge in [0.2, 0.25) is 0 Å². The van der Waals surface area contributed by atoms with Crippen molar-refractivity contribution in [3.63, 3.8) is 0 Å². The Bertz CT molecular complexity index is 421. The Balaban J connectivity index is 0.000000711. The maximum Gasteiger partial charge on any atom is 0.174 e. The van der Waals surface area contributed by atoms with Crippen LogP contribution in [0.1, 0.15) is 19.4 Å². The topological polar surface area (TPSA) is 46.5 Å². The van der Waals surface area contributed by atoms with E-state index >= 15 is 0 Å². The van der Waals surface area contributed by atoms with Crippen molar-refractivity contribution in [3.8, 4) is 0 Å². The molecule has 1 aromatic rings. The van der Waals surface area contributed by atoms with Crippen LogP contribution in [0.25, 0.3) is 0 Å². The number of hydrogen-bond donors (Lipinski definition) is 1. The first-order valence-corrected chi connectivity index (χ1v) is 6.11. The molecule has 0 aliphatic heterocycles. The van der Waals surface area contributed by atoms with E-state index in [2.05, 4.69) is 22.0 Å². The fourth-order valence-electron chi connectivity index (χ4n) is 1.13. The number of nitrogens with one attached hydrogen (secondary N) is 1. The lowest BCUT2D eigenvalue weighted by molar-refractivity contribution is 0.337. The van der Waals surface area contributed by atoms with Gasteiger partial charge in [-0.2, -0.15) is 0 Å². The van der Waals surface area contributed by atoms with Crippen LogP contribution in [0.3, 0.4) is 0 Å². The van der Waals surface area contributed by atoms with E-state index in [1.807, 2.05) is 45.1 Å². The van der Waals surface area contributed by atoms with Crippen LogP contribution in [-0.2, 0) is 4.74 Å². The van der Waals surface area contributed by atoms with Crippen molar-refractivity contribution in [2.24, 2.45) is 4.99 Å². The van der Waals surface area contributed by atoms with Crippen molar-refractivity contribution in [1.29, 1.82) is 0 Å². The number of ether oxygens (including phenoxy) is 1. The van der Waals surface area contributed by atoms with Gasteiger partial charge >= 0.3 is 0 Å². The van der Waals surface area contributed by atoms with Crippen LogP contribution in [-0.4, -0.2) is 25.4 Å². The van der Waals surface area contributed by atoms with Crippen LogP contribution in [0, 0.1) is 6.92 Å². The van der Waals surface area contributed by atoms with Crippen LogP contribution in [0.2, 0.25) is 0 Å². The first kappa shape index (κ1) is 16.9. The quantitative estimate of drug-likeness (QED) is 0.497. The smallest absolute Gasteiger partial charge is 0.174 e. The van der Waals surface area contributed by atoms with Gasteiger partial charge in [0.15, 0.2) is 5.82 Å². The van der Waals surface area contributed by atoms with Gasteiger partial charge in [0.1, 0.15) is 0 Å². The third-order valence-corrected chi connectivity index (χ3v) is 2.13. The second kappa shape index (κ2) is 11.0. The summed E-state index contributed by atoms with van der Waals surface area (Å²) in [6.45, 7) is 10.1. The SMILES string of the molecule is C/C=C\C.C=Nc1ncc(C)cc1NC/C=C/OC. The van der Waals surface area contributed by atoms with Crippen molar-refractivity contribution in [1.82, 2.24) is 4.98 Å². The van der Waals surface area contributed by atoms with E-state index in [0.717, 1.165) is 11.3 Å². The molecule has 0 aliphatic carbocycles. The van der Waals surface area contributed by atoms with Gasteiger partial charge in [-0.3, -0.25) is 0 Å². The van der Waals surface area contributed by atoms with Gasteiger partial charge in [-0.1, -0.05) is 12.2 Å². The molecule has 0 saturated carbocycles. The van der Waals surface area contributed by atoms with E-state index in [1.165, 1.54) is 0 Å². The zero-order valence-electron chi connectivity index (χ0n) is 12.2. The Morgan fingerprint density at radius 3 is 2.63 bits per heavy atom.